The molecule has 4 rings (SSSR count). The quantitative estimate of drug-likeness (QED) is 0.518. The SMILES string of the molecule is O=C(COC(=O)/C=C/c1nc2ccccc2o1)NCc1ccc2c(c1)OCO2. The molecule has 1 aromatic heterocycles. The topological polar surface area (TPSA) is 99.9 Å². The van der Waals surface area contributed by atoms with Crippen molar-refractivity contribution in [1.82, 2.24) is 10.3 Å². The van der Waals surface area contributed by atoms with Crippen LogP contribution in [0.1, 0.15) is 11.5 Å². The van der Waals surface area contributed by atoms with Gasteiger partial charge in [0.2, 0.25) is 12.7 Å². The van der Waals surface area contributed by atoms with Crippen molar-refractivity contribution in [2.45, 2.75) is 6.54 Å². The number of nitrogens with one attached hydrogen (secondary N) is 1. The molecule has 2 aromatic carbocycles. The van der Waals surface area contributed by atoms with Crippen molar-refractivity contribution in [1.29, 1.82) is 0 Å². The molecule has 142 valence electrons. The number of amides is 1. The molecule has 2 heterocycles. The first-order chi connectivity index (χ1) is 13.7. The van der Waals surface area contributed by atoms with Crippen LogP contribution in [0.25, 0.3) is 17.2 Å². The number of hydrogen-bond acceptors (Lipinski definition) is 7. The van der Waals surface area contributed by atoms with Crippen LogP contribution in [0.15, 0.2) is 53.0 Å². The molecule has 1 N–H and O–H groups in total. The van der Waals surface area contributed by atoms with Crippen LogP contribution in [0.4, 0.5) is 0 Å². The Morgan fingerprint density at radius 3 is 2.89 bits per heavy atom. The van der Waals surface area contributed by atoms with Gasteiger partial charge in [-0.3, -0.25) is 4.79 Å². The summed E-state index contributed by atoms with van der Waals surface area (Å²) in [5.74, 6) is 0.518. The Morgan fingerprint density at radius 1 is 1.14 bits per heavy atom. The van der Waals surface area contributed by atoms with Crippen LogP contribution in [0.5, 0.6) is 11.5 Å². The maximum atomic E-state index is 11.8. The molecule has 28 heavy (non-hydrogen) atoms. The standard InChI is InChI=1S/C20H16N2O6/c23-18(21-10-13-5-6-16-17(9-13)27-12-26-16)11-25-20(24)8-7-19-22-14-3-1-2-4-15(14)28-19/h1-9H,10-12H2,(H,21,23)/b8-7+. The third-order valence-electron chi connectivity index (χ3n) is 3.94. The molecule has 0 radical (unpaired) electrons. The van der Waals surface area contributed by atoms with Gasteiger partial charge in [-0.1, -0.05) is 18.2 Å². The molecule has 0 unspecified atom stereocenters. The third-order valence-corrected chi connectivity index (χ3v) is 3.94. The Morgan fingerprint density at radius 2 is 2.00 bits per heavy atom. The van der Waals surface area contributed by atoms with E-state index < -0.39 is 11.9 Å². The minimum atomic E-state index is -0.666. The number of fused-ring (bicyclic) bond motifs is 2. The van der Waals surface area contributed by atoms with Gasteiger partial charge in [0.1, 0.15) is 5.52 Å². The van der Waals surface area contributed by atoms with Gasteiger partial charge in [0.25, 0.3) is 5.91 Å². The molecule has 1 aliphatic heterocycles. The summed E-state index contributed by atoms with van der Waals surface area (Å²) in [6, 6.07) is 12.6. The number of nitrogens with zero attached hydrogens (tertiary/aromatic N) is 1. The molecule has 0 saturated heterocycles. The molecule has 0 fully saturated rings. The van der Waals surface area contributed by atoms with Crippen LogP contribution < -0.4 is 14.8 Å². The monoisotopic (exact) mass is 380 g/mol. The van der Waals surface area contributed by atoms with E-state index in [1.54, 1.807) is 24.3 Å². The number of benzene rings is 2. The lowest BCUT2D eigenvalue weighted by atomic mass is 10.2. The number of ether oxygens (including phenoxy) is 3. The fourth-order valence-electron chi connectivity index (χ4n) is 2.59. The van der Waals surface area contributed by atoms with E-state index in [9.17, 15) is 9.59 Å². The van der Waals surface area contributed by atoms with Crippen LogP contribution >= 0.6 is 0 Å². The first-order valence-corrected chi connectivity index (χ1v) is 8.53. The molecule has 0 bridgehead atoms. The van der Waals surface area contributed by atoms with Gasteiger partial charge < -0.3 is 23.9 Å². The summed E-state index contributed by atoms with van der Waals surface area (Å²) in [5.41, 5.74) is 2.16. The fraction of sp³-hybridized carbons (Fsp3) is 0.150. The normalized spacial score (nSPS) is 12.4. The summed E-state index contributed by atoms with van der Waals surface area (Å²) >= 11 is 0. The van der Waals surface area contributed by atoms with Crippen molar-refractivity contribution in [2.75, 3.05) is 13.4 Å². The number of aromatic nitrogens is 1. The number of rotatable bonds is 6. The first kappa shape index (κ1) is 17.6. The lowest BCUT2D eigenvalue weighted by Gasteiger charge is -2.06. The Kier molecular flexibility index (Phi) is 4.92. The molecule has 0 atom stereocenters. The first-order valence-electron chi connectivity index (χ1n) is 8.53. The van der Waals surface area contributed by atoms with Crippen molar-refractivity contribution in [3.8, 4) is 11.5 Å². The predicted molar refractivity (Wildman–Crippen MR) is 98.4 cm³/mol. The maximum absolute atomic E-state index is 11.8. The summed E-state index contributed by atoms with van der Waals surface area (Å²) < 4.78 is 20.9. The number of para-hydroxylation sites is 2. The van der Waals surface area contributed by atoms with E-state index >= 15 is 0 Å². The molecule has 1 aliphatic rings. The minimum absolute atomic E-state index is 0.193. The van der Waals surface area contributed by atoms with Gasteiger partial charge in [-0.15, -0.1) is 0 Å². The van der Waals surface area contributed by atoms with E-state index in [2.05, 4.69) is 10.3 Å². The van der Waals surface area contributed by atoms with Crippen LogP contribution in [0.2, 0.25) is 0 Å². The Hall–Kier alpha value is -3.81. The summed E-state index contributed by atoms with van der Waals surface area (Å²) in [7, 11) is 0. The van der Waals surface area contributed by atoms with E-state index in [4.69, 9.17) is 18.6 Å². The van der Waals surface area contributed by atoms with Crippen LogP contribution in [0.3, 0.4) is 0 Å². The molecule has 0 spiro atoms. The van der Waals surface area contributed by atoms with Crippen molar-refractivity contribution in [3.05, 3.63) is 60.0 Å². The molecule has 8 heteroatoms. The summed E-state index contributed by atoms with van der Waals surface area (Å²) in [4.78, 5) is 27.8. The van der Waals surface area contributed by atoms with Gasteiger partial charge in [-0.25, -0.2) is 9.78 Å². The molecule has 0 aliphatic carbocycles. The second kappa shape index (κ2) is 7.83. The molecule has 1 amide bonds. The average Bonchev–Trinajstić information content (AvgIpc) is 3.34. The summed E-state index contributed by atoms with van der Waals surface area (Å²) in [6.45, 7) is 0.0885. The minimum Gasteiger partial charge on any atom is -0.454 e. The highest BCUT2D eigenvalue weighted by Crippen LogP contribution is 2.32. The van der Waals surface area contributed by atoms with Crippen LogP contribution in [0, 0.1) is 0 Å². The number of carbonyl (C=O) groups is 2. The predicted octanol–water partition coefficient (Wildman–Crippen LogP) is 2.43. The van der Waals surface area contributed by atoms with Gasteiger partial charge in [-0.05, 0) is 29.8 Å². The lowest BCUT2D eigenvalue weighted by molar-refractivity contribution is -0.143. The average molecular weight is 380 g/mol. The zero-order chi connectivity index (χ0) is 19.3. The van der Waals surface area contributed by atoms with Crippen LogP contribution in [-0.4, -0.2) is 30.3 Å². The number of hydrogen-bond donors (Lipinski definition) is 1. The maximum Gasteiger partial charge on any atom is 0.331 e. The Bertz CT molecular complexity index is 1020. The van der Waals surface area contributed by atoms with Crippen molar-refractivity contribution >= 4 is 29.1 Å². The molecular weight excluding hydrogens is 364 g/mol. The highest BCUT2D eigenvalue weighted by atomic mass is 16.7. The van der Waals surface area contributed by atoms with E-state index in [-0.39, 0.29) is 25.8 Å². The van der Waals surface area contributed by atoms with Crippen molar-refractivity contribution < 1.29 is 28.2 Å². The van der Waals surface area contributed by atoms with E-state index in [1.165, 1.54) is 6.08 Å². The zero-order valence-electron chi connectivity index (χ0n) is 14.7. The molecule has 8 nitrogen and oxygen atoms in total. The molecular formula is C20H16N2O6. The smallest absolute Gasteiger partial charge is 0.331 e. The lowest BCUT2D eigenvalue weighted by Crippen LogP contribution is -2.28. The molecule has 0 saturated carbocycles. The van der Waals surface area contributed by atoms with Gasteiger partial charge >= 0.3 is 5.97 Å². The number of carbonyl (C=O) groups excluding carboxylic acids is 2. The van der Waals surface area contributed by atoms with E-state index in [0.717, 1.165) is 11.6 Å². The second-order valence-electron chi connectivity index (χ2n) is 5.93. The number of esters is 1. The van der Waals surface area contributed by atoms with Crippen molar-refractivity contribution in [3.63, 3.8) is 0 Å². The highest BCUT2D eigenvalue weighted by molar-refractivity contribution is 5.89. The van der Waals surface area contributed by atoms with Gasteiger partial charge in [0.15, 0.2) is 23.7 Å². The largest absolute Gasteiger partial charge is 0.454 e. The zero-order valence-corrected chi connectivity index (χ0v) is 14.7. The fourth-order valence-corrected chi connectivity index (χ4v) is 2.59. The van der Waals surface area contributed by atoms with E-state index in [0.29, 0.717) is 22.6 Å². The molecule has 3 aromatic rings. The summed E-state index contributed by atoms with van der Waals surface area (Å²) in [5, 5.41) is 2.67. The van der Waals surface area contributed by atoms with Gasteiger partial charge in [0, 0.05) is 18.7 Å². The second-order valence-corrected chi connectivity index (χ2v) is 5.93. The van der Waals surface area contributed by atoms with Crippen molar-refractivity contribution in [2.24, 2.45) is 0 Å². The number of oxazole rings is 1. The third kappa shape index (κ3) is 4.12. The Balaban J connectivity index is 1.23. The summed E-state index contributed by atoms with van der Waals surface area (Å²) in [6.07, 6.45) is 2.56. The van der Waals surface area contributed by atoms with Gasteiger partial charge in [-0.2, -0.15) is 0 Å². The Labute approximate surface area is 159 Å². The van der Waals surface area contributed by atoms with Crippen LogP contribution in [-0.2, 0) is 20.9 Å². The van der Waals surface area contributed by atoms with E-state index in [1.807, 2.05) is 18.2 Å². The highest BCUT2D eigenvalue weighted by Gasteiger charge is 2.13. The van der Waals surface area contributed by atoms with Gasteiger partial charge in [0.05, 0.1) is 0 Å².